The van der Waals surface area contributed by atoms with Gasteiger partial charge in [0.25, 0.3) is 0 Å². The summed E-state index contributed by atoms with van der Waals surface area (Å²) < 4.78 is 0. The summed E-state index contributed by atoms with van der Waals surface area (Å²) >= 11 is 0. The fraction of sp³-hybridized carbons (Fsp3) is 0.125. The van der Waals surface area contributed by atoms with Crippen LogP contribution in [0.2, 0.25) is 0 Å². The highest BCUT2D eigenvalue weighted by atomic mass is 16.1. The first kappa shape index (κ1) is 14.1. The summed E-state index contributed by atoms with van der Waals surface area (Å²) in [4.78, 5) is 21.2. The van der Waals surface area contributed by atoms with Crippen LogP contribution in [0, 0.1) is 0 Å². The smallest absolute Gasteiger partial charge is 0.141 e. The molecule has 102 valence electrons. The van der Waals surface area contributed by atoms with Gasteiger partial charge in [-0.05, 0) is 22.3 Å². The molecule has 0 aliphatic rings. The van der Waals surface area contributed by atoms with Crippen LogP contribution >= 0.6 is 0 Å². The quantitative estimate of drug-likeness (QED) is 0.809. The van der Waals surface area contributed by atoms with E-state index in [-0.39, 0.29) is 0 Å². The largest absolute Gasteiger partial charge is 0.318 e. The number of carbonyl (C=O) groups is 2. The second-order valence-corrected chi connectivity index (χ2v) is 4.57. The summed E-state index contributed by atoms with van der Waals surface area (Å²) in [6.07, 6.45) is 1.43. The van der Waals surface area contributed by atoms with Gasteiger partial charge < -0.3 is 21.1 Å². The van der Waals surface area contributed by atoms with Crippen LogP contribution in [0.4, 0.5) is 0 Å². The van der Waals surface area contributed by atoms with Gasteiger partial charge in [0.05, 0.1) is 12.1 Å². The Balaban J connectivity index is 2.23. The lowest BCUT2D eigenvalue weighted by molar-refractivity contribution is -0.109. The van der Waals surface area contributed by atoms with Crippen molar-refractivity contribution in [2.45, 2.75) is 12.1 Å². The number of hydrogen-bond donors (Lipinski definition) is 2. The molecule has 0 aliphatic heterocycles. The first-order chi connectivity index (χ1) is 9.65. The van der Waals surface area contributed by atoms with Gasteiger partial charge in [0, 0.05) is 0 Å². The molecule has 2 atom stereocenters. The molecule has 20 heavy (non-hydrogen) atoms. The van der Waals surface area contributed by atoms with Gasteiger partial charge >= 0.3 is 0 Å². The predicted octanol–water partition coefficient (Wildman–Crippen LogP) is 1.75. The van der Waals surface area contributed by atoms with Crippen molar-refractivity contribution in [1.29, 1.82) is 0 Å². The second kappa shape index (κ2) is 6.23. The van der Waals surface area contributed by atoms with Gasteiger partial charge in [0.2, 0.25) is 0 Å². The maximum Gasteiger partial charge on any atom is 0.141 e. The zero-order chi connectivity index (χ0) is 14.5. The van der Waals surface area contributed by atoms with Crippen molar-refractivity contribution in [2.24, 2.45) is 11.5 Å². The van der Waals surface area contributed by atoms with E-state index in [1.807, 2.05) is 48.5 Å². The Bertz CT molecular complexity index is 535. The normalized spacial score (nSPS) is 13.5. The molecule has 0 spiro atoms. The van der Waals surface area contributed by atoms with Crippen molar-refractivity contribution in [3.05, 3.63) is 59.7 Å². The van der Waals surface area contributed by atoms with E-state index in [0.717, 1.165) is 22.3 Å². The fourth-order valence-corrected chi connectivity index (χ4v) is 1.95. The van der Waals surface area contributed by atoms with Crippen LogP contribution in [-0.4, -0.2) is 12.6 Å². The van der Waals surface area contributed by atoms with Crippen LogP contribution in [0.25, 0.3) is 11.1 Å². The molecule has 2 rings (SSSR count). The molecular weight excluding hydrogens is 252 g/mol. The van der Waals surface area contributed by atoms with Gasteiger partial charge in [-0.3, -0.25) is 0 Å². The van der Waals surface area contributed by atoms with E-state index in [4.69, 9.17) is 11.5 Å². The van der Waals surface area contributed by atoms with Crippen molar-refractivity contribution in [3.63, 3.8) is 0 Å². The topological polar surface area (TPSA) is 86.2 Å². The Morgan fingerprint density at radius 2 is 0.950 bits per heavy atom. The molecule has 0 radical (unpaired) electrons. The molecular formula is C16H16N2O2. The van der Waals surface area contributed by atoms with Gasteiger partial charge in [-0.15, -0.1) is 0 Å². The van der Waals surface area contributed by atoms with Crippen molar-refractivity contribution >= 4 is 12.6 Å². The summed E-state index contributed by atoms with van der Waals surface area (Å²) in [5.41, 5.74) is 14.9. The standard InChI is InChI=1S/C16H16N2O2/c17-15(9-19)13-5-1-11(2-6-13)12-3-7-14(8-4-12)16(18)10-20/h1-10,15-16H,17-18H2/t15-,16?/m0/s1. The van der Waals surface area contributed by atoms with E-state index in [9.17, 15) is 9.59 Å². The fourth-order valence-electron chi connectivity index (χ4n) is 1.95. The third-order valence-corrected chi connectivity index (χ3v) is 3.22. The summed E-state index contributed by atoms with van der Waals surface area (Å²) in [7, 11) is 0. The molecule has 2 aromatic carbocycles. The molecule has 0 bridgehead atoms. The van der Waals surface area contributed by atoms with E-state index < -0.39 is 12.1 Å². The molecule has 0 heterocycles. The first-order valence-electron chi connectivity index (χ1n) is 6.27. The second-order valence-electron chi connectivity index (χ2n) is 4.57. The Morgan fingerprint density at radius 3 is 1.20 bits per heavy atom. The van der Waals surface area contributed by atoms with Crippen LogP contribution in [0.3, 0.4) is 0 Å². The molecule has 4 heteroatoms. The molecule has 0 aliphatic carbocycles. The van der Waals surface area contributed by atoms with E-state index in [1.165, 1.54) is 0 Å². The molecule has 4 N–H and O–H groups in total. The molecule has 4 nitrogen and oxygen atoms in total. The number of nitrogens with two attached hydrogens (primary N) is 2. The monoisotopic (exact) mass is 268 g/mol. The maximum atomic E-state index is 10.6. The lowest BCUT2D eigenvalue weighted by atomic mass is 9.99. The Morgan fingerprint density at radius 1 is 0.650 bits per heavy atom. The van der Waals surface area contributed by atoms with Gasteiger partial charge in [0.15, 0.2) is 0 Å². The Kier molecular flexibility index (Phi) is 4.40. The number of benzene rings is 2. The number of hydrogen-bond acceptors (Lipinski definition) is 4. The number of aldehydes is 2. The summed E-state index contributed by atoms with van der Waals surface area (Å²) in [5.74, 6) is 0. The highest BCUT2D eigenvalue weighted by molar-refractivity contribution is 5.68. The lowest BCUT2D eigenvalue weighted by Crippen LogP contribution is -2.11. The highest BCUT2D eigenvalue weighted by Gasteiger charge is 2.06. The van der Waals surface area contributed by atoms with E-state index >= 15 is 0 Å². The van der Waals surface area contributed by atoms with Gasteiger partial charge in [0.1, 0.15) is 12.6 Å². The first-order valence-corrected chi connectivity index (χ1v) is 6.27. The molecule has 0 amide bonds. The van der Waals surface area contributed by atoms with E-state index in [0.29, 0.717) is 12.6 Å². The van der Waals surface area contributed by atoms with Crippen molar-refractivity contribution in [1.82, 2.24) is 0 Å². The average Bonchev–Trinajstić information content (AvgIpc) is 2.53. The average molecular weight is 268 g/mol. The molecule has 0 aromatic heterocycles. The number of rotatable bonds is 5. The predicted molar refractivity (Wildman–Crippen MR) is 77.9 cm³/mol. The van der Waals surface area contributed by atoms with E-state index in [2.05, 4.69) is 0 Å². The van der Waals surface area contributed by atoms with Crippen LogP contribution in [0.5, 0.6) is 0 Å². The van der Waals surface area contributed by atoms with Crippen LogP contribution in [0.1, 0.15) is 23.2 Å². The molecule has 1 unspecified atom stereocenters. The minimum Gasteiger partial charge on any atom is -0.318 e. The molecule has 0 saturated carbocycles. The van der Waals surface area contributed by atoms with Crippen molar-refractivity contribution < 1.29 is 9.59 Å². The van der Waals surface area contributed by atoms with Gasteiger partial charge in [-0.25, -0.2) is 0 Å². The summed E-state index contributed by atoms with van der Waals surface area (Å²) in [6, 6.07) is 13.8. The Labute approximate surface area is 117 Å². The van der Waals surface area contributed by atoms with Crippen molar-refractivity contribution in [3.8, 4) is 11.1 Å². The summed E-state index contributed by atoms with van der Waals surface area (Å²) in [6.45, 7) is 0. The highest BCUT2D eigenvalue weighted by Crippen LogP contribution is 2.22. The van der Waals surface area contributed by atoms with Crippen molar-refractivity contribution in [2.75, 3.05) is 0 Å². The lowest BCUT2D eigenvalue weighted by Gasteiger charge is -2.08. The van der Waals surface area contributed by atoms with Crippen LogP contribution < -0.4 is 11.5 Å². The molecule has 0 fully saturated rings. The zero-order valence-electron chi connectivity index (χ0n) is 10.9. The zero-order valence-corrected chi connectivity index (χ0v) is 10.9. The number of carbonyl (C=O) groups excluding carboxylic acids is 2. The third-order valence-electron chi connectivity index (χ3n) is 3.22. The minimum atomic E-state index is -0.586. The van der Waals surface area contributed by atoms with Gasteiger partial charge in [-0.2, -0.15) is 0 Å². The van der Waals surface area contributed by atoms with E-state index in [1.54, 1.807) is 0 Å². The SMILES string of the molecule is NC(C=O)c1ccc(-c2ccc([C@@H](N)C=O)cc2)cc1. The maximum absolute atomic E-state index is 10.6. The Hall–Kier alpha value is -2.30. The molecule has 2 aromatic rings. The summed E-state index contributed by atoms with van der Waals surface area (Å²) in [5, 5.41) is 0. The van der Waals surface area contributed by atoms with Crippen LogP contribution in [0.15, 0.2) is 48.5 Å². The van der Waals surface area contributed by atoms with Crippen LogP contribution in [-0.2, 0) is 9.59 Å². The third kappa shape index (κ3) is 2.99. The minimum absolute atomic E-state index is 0.586. The van der Waals surface area contributed by atoms with Gasteiger partial charge in [-0.1, -0.05) is 48.5 Å². The molecule has 0 saturated heterocycles.